The summed E-state index contributed by atoms with van der Waals surface area (Å²) in [6, 6.07) is 14.8. The van der Waals surface area contributed by atoms with Crippen LogP contribution in [0.2, 0.25) is 0 Å². The van der Waals surface area contributed by atoms with E-state index in [-0.39, 0.29) is 12.1 Å². The van der Waals surface area contributed by atoms with Crippen molar-refractivity contribution in [2.24, 2.45) is 17.6 Å². The van der Waals surface area contributed by atoms with Crippen LogP contribution in [0.4, 0.5) is 0 Å². The molecule has 1 fully saturated rings. The first-order valence-corrected chi connectivity index (χ1v) is 7.54. The van der Waals surface area contributed by atoms with Gasteiger partial charge in [-0.1, -0.05) is 44.2 Å². The quantitative estimate of drug-likeness (QED) is 0.895. The Hall–Kier alpha value is -1.54. The van der Waals surface area contributed by atoms with Crippen LogP contribution in [0.1, 0.15) is 26.7 Å². The first-order chi connectivity index (χ1) is 9.63. The van der Waals surface area contributed by atoms with Crippen molar-refractivity contribution in [3.05, 3.63) is 42.5 Å². The lowest BCUT2D eigenvalue weighted by Crippen LogP contribution is -2.48. The standard InChI is InChI=1S/C18H23NO/c1-12-9-13(2)18(17(19)10-12)20-16-8-7-14-5-3-4-6-15(14)11-16/h3-8,11-13,17-18H,9-10,19H2,1-2H3. The average Bonchev–Trinajstić information content (AvgIpc) is 2.42. The normalized spacial score (nSPS) is 30.4. The van der Waals surface area contributed by atoms with Crippen molar-refractivity contribution in [1.29, 1.82) is 0 Å². The van der Waals surface area contributed by atoms with E-state index in [0.29, 0.717) is 11.8 Å². The van der Waals surface area contributed by atoms with Gasteiger partial charge >= 0.3 is 0 Å². The maximum Gasteiger partial charge on any atom is 0.120 e. The van der Waals surface area contributed by atoms with E-state index in [1.807, 2.05) is 0 Å². The molecule has 106 valence electrons. The summed E-state index contributed by atoms with van der Waals surface area (Å²) in [7, 11) is 0. The molecule has 0 amide bonds. The molecule has 0 aromatic heterocycles. The maximum absolute atomic E-state index is 6.30. The van der Waals surface area contributed by atoms with Crippen LogP contribution >= 0.6 is 0 Å². The summed E-state index contributed by atoms with van der Waals surface area (Å²) in [5.41, 5.74) is 6.30. The molecule has 20 heavy (non-hydrogen) atoms. The summed E-state index contributed by atoms with van der Waals surface area (Å²) in [4.78, 5) is 0. The van der Waals surface area contributed by atoms with E-state index in [9.17, 15) is 0 Å². The third-order valence-electron chi connectivity index (χ3n) is 4.42. The van der Waals surface area contributed by atoms with E-state index in [1.165, 1.54) is 17.2 Å². The number of hydrogen-bond donors (Lipinski definition) is 1. The Bertz CT molecular complexity index is 583. The van der Waals surface area contributed by atoms with E-state index in [2.05, 4.69) is 56.3 Å². The van der Waals surface area contributed by atoms with Gasteiger partial charge in [-0.3, -0.25) is 0 Å². The zero-order valence-electron chi connectivity index (χ0n) is 12.3. The lowest BCUT2D eigenvalue weighted by atomic mass is 9.78. The fourth-order valence-corrected chi connectivity index (χ4v) is 3.49. The third-order valence-corrected chi connectivity index (χ3v) is 4.42. The van der Waals surface area contributed by atoms with Crippen LogP contribution in [0.25, 0.3) is 10.8 Å². The number of nitrogens with two attached hydrogens (primary N) is 1. The molecule has 2 N–H and O–H groups in total. The number of fused-ring (bicyclic) bond motifs is 1. The van der Waals surface area contributed by atoms with Crippen LogP contribution in [-0.2, 0) is 0 Å². The summed E-state index contributed by atoms with van der Waals surface area (Å²) in [5.74, 6) is 2.15. The van der Waals surface area contributed by atoms with E-state index in [0.717, 1.165) is 12.2 Å². The van der Waals surface area contributed by atoms with Gasteiger partial charge in [0.25, 0.3) is 0 Å². The predicted octanol–water partition coefficient (Wildman–Crippen LogP) is 3.98. The molecule has 1 aliphatic rings. The van der Waals surface area contributed by atoms with Crippen molar-refractivity contribution in [2.45, 2.75) is 38.8 Å². The Labute approximate surface area is 120 Å². The molecule has 4 unspecified atom stereocenters. The van der Waals surface area contributed by atoms with Gasteiger partial charge in [0, 0.05) is 6.04 Å². The van der Waals surface area contributed by atoms with Gasteiger partial charge in [0.15, 0.2) is 0 Å². The number of benzene rings is 2. The summed E-state index contributed by atoms with van der Waals surface area (Å²) in [6.45, 7) is 4.53. The number of hydrogen-bond acceptors (Lipinski definition) is 2. The Morgan fingerprint density at radius 3 is 2.50 bits per heavy atom. The van der Waals surface area contributed by atoms with E-state index in [4.69, 9.17) is 10.5 Å². The van der Waals surface area contributed by atoms with Gasteiger partial charge in [-0.15, -0.1) is 0 Å². The molecule has 0 bridgehead atoms. The Morgan fingerprint density at radius 2 is 1.75 bits per heavy atom. The van der Waals surface area contributed by atoms with Gasteiger partial charge in [0.2, 0.25) is 0 Å². The van der Waals surface area contributed by atoms with Gasteiger partial charge in [-0.25, -0.2) is 0 Å². The second-order valence-electron chi connectivity index (χ2n) is 6.31. The van der Waals surface area contributed by atoms with Crippen LogP contribution in [0.3, 0.4) is 0 Å². The van der Waals surface area contributed by atoms with Gasteiger partial charge < -0.3 is 10.5 Å². The van der Waals surface area contributed by atoms with Crippen molar-refractivity contribution < 1.29 is 4.74 Å². The molecule has 2 aromatic rings. The maximum atomic E-state index is 6.30. The minimum absolute atomic E-state index is 0.132. The molecule has 3 rings (SSSR count). The van der Waals surface area contributed by atoms with Crippen molar-refractivity contribution in [1.82, 2.24) is 0 Å². The Balaban J connectivity index is 1.81. The largest absolute Gasteiger partial charge is 0.489 e. The molecule has 2 heteroatoms. The van der Waals surface area contributed by atoms with Gasteiger partial charge in [-0.2, -0.15) is 0 Å². The molecule has 0 radical (unpaired) electrons. The molecule has 1 aliphatic carbocycles. The Morgan fingerprint density at radius 1 is 1.00 bits per heavy atom. The summed E-state index contributed by atoms with van der Waals surface area (Å²) < 4.78 is 6.21. The van der Waals surface area contributed by atoms with Crippen LogP contribution in [0.5, 0.6) is 5.75 Å². The first kappa shape index (κ1) is 13.4. The highest BCUT2D eigenvalue weighted by Crippen LogP contribution is 2.32. The van der Waals surface area contributed by atoms with E-state index < -0.39 is 0 Å². The molecular formula is C18H23NO. The molecule has 2 aromatic carbocycles. The van der Waals surface area contributed by atoms with Gasteiger partial charge in [-0.05, 0) is 47.6 Å². The van der Waals surface area contributed by atoms with Crippen molar-refractivity contribution in [3.8, 4) is 5.75 Å². The zero-order valence-corrected chi connectivity index (χ0v) is 12.3. The SMILES string of the molecule is CC1CC(C)C(Oc2ccc3ccccc3c2)C(N)C1. The first-order valence-electron chi connectivity index (χ1n) is 7.54. The monoisotopic (exact) mass is 269 g/mol. The fraction of sp³-hybridized carbons (Fsp3) is 0.444. The van der Waals surface area contributed by atoms with Gasteiger partial charge in [0.1, 0.15) is 11.9 Å². The number of ether oxygens (including phenoxy) is 1. The minimum atomic E-state index is 0.132. The lowest BCUT2D eigenvalue weighted by molar-refractivity contribution is 0.0627. The molecule has 0 spiro atoms. The predicted molar refractivity (Wildman–Crippen MR) is 83.9 cm³/mol. The average molecular weight is 269 g/mol. The van der Waals surface area contributed by atoms with Crippen LogP contribution in [-0.4, -0.2) is 12.1 Å². The fourth-order valence-electron chi connectivity index (χ4n) is 3.49. The summed E-state index contributed by atoms with van der Waals surface area (Å²) in [6.07, 6.45) is 2.39. The number of rotatable bonds is 2. The second kappa shape index (κ2) is 5.45. The minimum Gasteiger partial charge on any atom is -0.489 e. The van der Waals surface area contributed by atoms with Crippen LogP contribution in [0.15, 0.2) is 42.5 Å². The van der Waals surface area contributed by atoms with E-state index in [1.54, 1.807) is 0 Å². The van der Waals surface area contributed by atoms with Crippen LogP contribution in [0, 0.1) is 11.8 Å². The second-order valence-corrected chi connectivity index (χ2v) is 6.31. The molecular weight excluding hydrogens is 246 g/mol. The zero-order chi connectivity index (χ0) is 14.1. The molecule has 1 saturated carbocycles. The third kappa shape index (κ3) is 2.66. The molecule has 0 saturated heterocycles. The highest BCUT2D eigenvalue weighted by atomic mass is 16.5. The molecule has 4 atom stereocenters. The van der Waals surface area contributed by atoms with Crippen molar-refractivity contribution >= 4 is 10.8 Å². The van der Waals surface area contributed by atoms with Gasteiger partial charge in [0.05, 0.1) is 0 Å². The molecule has 0 aliphatic heterocycles. The lowest BCUT2D eigenvalue weighted by Gasteiger charge is -2.37. The van der Waals surface area contributed by atoms with Crippen LogP contribution < -0.4 is 10.5 Å². The summed E-state index contributed by atoms with van der Waals surface area (Å²) >= 11 is 0. The van der Waals surface area contributed by atoms with Crippen molar-refractivity contribution in [3.63, 3.8) is 0 Å². The highest BCUT2D eigenvalue weighted by Gasteiger charge is 2.33. The highest BCUT2D eigenvalue weighted by molar-refractivity contribution is 5.83. The molecule has 0 heterocycles. The van der Waals surface area contributed by atoms with E-state index >= 15 is 0 Å². The topological polar surface area (TPSA) is 35.2 Å². The summed E-state index contributed by atoms with van der Waals surface area (Å²) in [5, 5.41) is 2.46. The Kier molecular flexibility index (Phi) is 3.66. The van der Waals surface area contributed by atoms with Crippen molar-refractivity contribution in [2.75, 3.05) is 0 Å². The molecule has 2 nitrogen and oxygen atoms in total. The smallest absolute Gasteiger partial charge is 0.120 e.